The molecule has 0 fully saturated rings. The van der Waals surface area contributed by atoms with Crippen LogP contribution in [0.3, 0.4) is 0 Å². The predicted molar refractivity (Wildman–Crippen MR) is 82.2 cm³/mol. The lowest BCUT2D eigenvalue weighted by Gasteiger charge is -2.20. The molecule has 1 aromatic heterocycles. The van der Waals surface area contributed by atoms with Crippen LogP contribution in [-0.4, -0.2) is 4.98 Å². The van der Waals surface area contributed by atoms with Gasteiger partial charge in [0.2, 0.25) is 0 Å². The van der Waals surface area contributed by atoms with E-state index in [1.54, 1.807) is 0 Å². The van der Waals surface area contributed by atoms with Crippen molar-refractivity contribution in [2.75, 3.05) is 5.43 Å². The molecule has 3 heteroatoms. The first-order valence-corrected chi connectivity index (χ1v) is 6.86. The van der Waals surface area contributed by atoms with Crippen LogP contribution in [0.5, 0.6) is 0 Å². The van der Waals surface area contributed by atoms with Gasteiger partial charge < -0.3 is 5.43 Å². The van der Waals surface area contributed by atoms with Crippen LogP contribution in [-0.2, 0) is 11.8 Å². The Hall–Kier alpha value is -1.61. The molecule has 102 valence electrons. The summed E-state index contributed by atoms with van der Waals surface area (Å²) >= 11 is 0. The largest absolute Gasteiger partial charge is 0.323 e. The predicted octanol–water partition coefficient (Wildman–Crippen LogP) is 3.77. The zero-order valence-corrected chi connectivity index (χ0v) is 12.2. The third-order valence-electron chi connectivity index (χ3n) is 3.34. The number of nitrogen functional groups attached to an aromatic ring is 1. The molecule has 3 N–H and O–H groups in total. The minimum atomic E-state index is 0.0158. The SMILES string of the molecule is CCCc1ccc2nc(C(C)(C)C)cc(NN)c2c1. The van der Waals surface area contributed by atoms with Crippen molar-refractivity contribution in [3.05, 3.63) is 35.5 Å². The summed E-state index contributed by atoms with van der Waals surface area (Å²) in [5, 5.41) is 1.10. The molecule has 19 heavy (non-hydrogen) atoms. The van der Waals surface area contributed by atoms with E-state index in [1.165, 1.54) is 5.56 Å². The van der Waals surface area contributed by atoms with Crippen molar-refractivity contribution in [1.82, 2.24) is 4.98 Å². The molecule has 0 amide bonds. The second-order valence-corrected chi connectivity index (χ2v) is 6.05. The number of hydrazine groups is 1. The Bertz CT molecular complexity index is 582. The smallest absolute Gasteiger partial charge is 0.0727 e. The lowest BCUT2D eigenvalue weighted by atomic mass is 9.90. The van der Waals surface area contributed by atoms with Crippen LogP contribution in [0.25, 0.3) is 10.9 Å². The van der Waals surface area contributed by atoms with E-state index in [-0.39, 0.29) is 5.41 Å². The van der Waals surface area contributed by atoms with Crippen molar-refractivity contribution in [2.24, 2.45) is 5.84 Å². The highest BCUT2D eigenvalue weighted by molar-refractivity contribution is 5.92. The van der Waals surface area contributed by atoms with Crippen LogP contribution < -0.4 is 11.3 Å². The number of anilines is 1. The van der Waals surface area contributed by atoms with Gasteiger partial charge in [-0.3, -0.25) is 10.8 Å². The third kappa shape index (κ3) is 2.87. The zero-order chi connectivity index (χ0) is 14.0. The van der Waals surface area contributed by atoms with E-state index in [2.05, 4.69) is 57.4 Å². The number of pyridine rings is 1. The van der Waals surface area contributed by atoms with Crippen molar-refractivity contribution >= 4 is 16.6 Å². The first kappa shape index (κ1) is 13.8. The zero-order valence-electron chi connectivity index (χ0n) is 12.2. The van der Waals surface area contributed by atoms with Gasteiger partial charge in [0.15, 0.2) is 0 Å². The van der Waals surface area contributed by atoms with E-state index in [1.807, 2.05) is 0 Å². The summed E-state index contributed by atoms with van der Waals surface area (Å²) < 4.78 is 0. The number of nitrogens with zero attached hydrogens (tertiary/aromatic N) is 1. The van der Waals surface area contributed by atoms with Crippen molar-refractivity contribution in [2.45, 2.75) is 46.0 Å². The van der Waals surface area contributed by atoms with Gasteiger partial charge in [0, 0.05) is 16.5 Å². The van der Waals surface area contributed by atoms with Gasteiger partial charge in [-0.05, 0) is 30.2 Å². The molecular weight excluding hydrogens is 234 g/mol. The maximum Gasteiger partial charge on any atom is 0.0727 e. The molecule has 0 radical (unpaired) electrons. The topological polar surface area (TPSA) is 50.9 Å². The van der Waals surface area contributed by atoms with Gasteiger partial charge in [0.05, 0.1) is 11.2 Å². The standard InChI is InChI=1S/C16H23N3/c1-5-6-11-7-8-13-12(9-11)14(19-17)10-15(18-13)16(2,3)4/h7-10H,5-6,17H2,1-4H3,(H,18,19). The first-order valence-electron chi connectivity index (χ1n) is 6.86. The van der Waals surface area contributed by atoms with Gasteiger partial charge in [-0.1, -0.05) is 40.2 Å². The monoisotopic (exact) mass is 257 g/mol. The molecule has 0 aliphatic heterocycles. The number of aromatic nitrogens is 1. The normalized spacial score (nSPS) is 11.8. The summed E-state index contributed by atoms with van der Waals surface area (Å²) in [5.41, 5.74) is 7.16. The quantitative estimate of drug-likeness (QED) is 0.650. The number of nitrogens with one attached hydrogen (secondary N) is 1. The Morgan fingerprint density at radius 3 is 2.53 bits per heavy atom. The van der Waals surface area contributed by atoms with Crippen LogP contribution in [0.1, 0.15) is 45.4 Å². The Morgan fingerprint density at radius 2 is 1.95 bits per heavy atom. The Labute approximate surface area is 115 Å². The van der Waals surface area contributed by atoms with Crippen molar-refractivity contribution in [1.29, 1.82) is 0 Å². The number of rotatable bonds is 3. The fourth-order valence-corrected chi connectivity index (χ4v) is 2.22. The Balaban J connectivity index is 2.63. The molecule has 0 bridgehead atoms. The van der Waals surface area contributed by atoms with E-state index in [0.29, 0.717) is 0 Å². The van der Waals surface area contributed by atoms with Gasteiger partial charge in [-0.15, -0.1) is 0 Å². The molecule has 0 aliphatic rings. The van der Waals surface area contributed by atoms with Gasteiger partial charge >= 0.3 is 0 Å². The molecule has 2 rings (SSSR count). The number of fused-ring (bicyclic) bond motifs is 1. The van der Waals surface area contributed by atoms with Crippen LogP contribution in [0.15, 0.2) is 24.3 Å². The van der Waals surface area contributed by atoms with E-state index < -0.39 is 0 Å². The van der Waals surface area contributed by atoms with Gasteiger partial charge in [-0.2, -0.15) is 0 Å². The van der Waals surface area contributed by atoms with Crippen molar-refractivity contribution in [3.8, 4) is 0 Å². The molecular formula is C16H23N3. The number of aryl methyl sites for hydroxylation is 1. The van der Waals surface area contributed by atoms with Crippen LogP contribution in [0.2, 0.25) is 0 Å². The van der Waals surface area contributed by atoms with Crippen LogP contribution in [0, 0.1) is 0 Å². The average Bonchev–Trinajstić information content (AvgIpc) is 2.36. The lowest BCUT2D eigenvalue weighted by molar-refractivity contribution is 0.572. The first-order chi connectivity index (χ1) is 8.95. The summed E-state index contributed by atoms with van der Waals surface area (Å²) in [7, 11) is 0. The molecule has 0 saturated heterocycles. The molecule has 0 unspecified atom stereocenters. The molecule has 3 nitrogen and oxygen atoms in total. The molecule has 0 atom stereocenters. The second kappa shape index (κ2) is 5.17. The highest BCUT2D eigenvalue weighted by atomic mass is 15.2. The lowest BCUT2D eigenvalue weighted by Crippen LogP contribution is -2.16. The molecule has 2 aromatic rings. The molecule has 0 aliphatic carbocycles. The minimum Gasteiger partial charge on any atom is -0.323 e. The Morgan fingerprint density at radius 1 is 1.21 bits per heavy atom. The highest BCUT2D eigenvalue weighted by Crippen LogP contribution is 2.29. The number of hydrogen-bond donors (Lipinski definition) is 2. The number of hydrogen-bond acceptors (Lipinski definition) is 3. The fraction of sp³-hybridized carbons (Fsp3) is 0.438. The maximum atomic E-state index is 5.67. The van der Waals surface area contributed by atoms with Crippen molar-refractivity contribution in [3.63, 3.8) is 0 Å². The highest BCUT2D eigenvalue weighted by Gasteiger charge is 2.17. The third-order valence-corrected chi connectivity index (χ3v) is 3.34. The Kier molecular flexibility index (Phi) is 3.76. The van der Waals surface area contributed by atoms with Crippen LogP contribution in [0.4, 0.5) is 5.69 Å². The van der Waals surface area contributed by atoms with E-state index in [4.69, 9.17) is 10.8 Å². The average molecular weight is 257 g/mol. The summed E-state index contributed by atoms with van der Waals surface area (Å²) in [6.45, 7) is 8.67. The second-order valence-electron chi connectivity index (χ2n) is 6.05. The van der Waals surface area contributed by atoms with Crippen molar-refractivity contribution < 1.29 is 0 Å². The summed E-state index contributed by atoms with van der Waals surface area (Å²) in [6.07, 6.45) is 2.23. The minimum absolute atomic E-state index is 0.0158. The summed E-state index contributed by atoms with van der Waals surface area (Å²) in [4.78, 5) is 4.76. The van der Waals surface area contributed by atoms with E-state index in [9.17, 15) is 0 Å². The van der Waals surface area contributed by atoms with Gasteiger partial charge in [0.1, 0.15) is 0 Å². The summed E-state index contributed by atoms with van der Waals surface area (Å²) in [5.74, 6) is 5.67. The fourth-order valence-electron chi connectivity index (χ4n) is 2.22. The molecule has 1 aromatic carbocycles. The molecule has 0 spiro atoms. The van der Waals surface area contributed by atoms with E-state index in [0.717, 1.165) is 35.1 Å². The van der Waals surface area contributed by atoms with Crippen LogP contribution >= 0.6 is 0 Å². The molecule has 1 heterocycles. The molecule has 0 saturated carbocycles. The number of nitrogens with two attached hydrogens (primary N) is 1. The number of benzene rings is 1. The van der Waals surface area contributed by atoms with E-state index >= 15 is 0 Å². The summed E-state index contributed by atoms with van der Waals surface area (Å²) in [6, 6.07) is 8.49. The van der Waals surface area contributed by atoms with Gasteiger partial charge in [-0.25, -0.2) is 0 Å². The van der Waals surface area contributed by atoms with Gasteiger partial charge in [0.25, 0.3) is 0 Å². The maximum absolute atomic E-state index is 5.67.